The van der Waals surface area contributed by atoms with Crippen LogP contribution in [0.25, 0.3) is 0 Å². The predicted octanol–water partition coefficient (Wildman–Crippen LogP) is 2.86. The molecule has 0 saturated carbocycles. The highest BCUT2D eigenvalue weighted by molar-refractivity contribution is 6.02. The zero-order valence-electron chi connectivity index (χ0n) is 11.4. The quantitative estimate of drug-likeness (QED) is 0.847. The Balaban J connectivity index is 2.01. The number of ketones is 1. The Morgan fingerprint density at radius 1 is 0.950 bits per heavy atom. The molecule has 2 rings (SSSR count). The summed E-state index contributed by atoms with van der Waals surface area (Å²) in [5.74, 6) is -0.292. The van der Waals surface area contributed by atoms with Gasteiger partial charge in [0, 0.05) is 11.1 Å². The van der Waals surface area contributed by atoms with Crippen LogP contribution < -0.4 is 5.32 Å². The maximum Gasteiger partial charge on any atom is 0.251 e. The molecule has 0 unspecified atom stereocenters. The smallest absolute Gasteiger partial charge is 0.251 e. The highest BCUT2D eigenvalue weighted by atomic mass is 16.2. The number of rotatable bonds is 5. The number of carbonyl (C=O) groups is 2. The van der Waals surface area contributed by atoms with E-state index >= 15 is 0 Å². The molecule has 2 aromatic carbocycles. The molecular formula is C17H17NO2. The van der Waals surface area contributed by atoms with Crippen molar-refractivity contribution in [3.8, 4) is 0 Å². The van der Waals surface area contributed by atoms with Crippen LogP contribution in [0.1, 0.15) is 33.2 Å². The fourth-order valence-electron chi connectivity index (χ4n) is 2.03. The molecule has 0 spiro atoms. The summed E-state index contributed by atoms with van der Waals surface area (Å²) < 4.78 is 0. The topological polar surface area (TPSA) is 46.2 Å². The molecule has 3 nitrogen and oxygen atoms in total. The van der Waals surface area contributed by atoms with Crippen LogP contribution in [0.4, 0.5) is 0 Å². The summed E-state index contributed by atoms with van der Waals surface area (Å²) in [5, 5.41) is 2.68. The van der Waals surface area contributed by atoms with Crippen LogP contribution in [-0.2, 0) is 6.42 Å². The van der Waals surface area contributed by atoms with Crippen molar-refractivity contribution in [2.24, 2.45) is 0 Å². The molecule has 0 fully saturated rings. The van der Waals surface area contributed by atoms with Crippen molar-refractivity contribution in [2.45, 2.75) is 13.3 Å². The highest BCUT2D eigenvalue weighted by Gasteiger charge is 2.11. The first kappa shape index (κ1) is 14.0. The van der Waals surface area contributed by atoms with E-state index in [0.717, 1.165) is 12.0 Å². The Bertz CT molecular complexity index is 605. The SMILES string of the molecule is CCc1ccccc1C(=O)NCC(=O)c1ccccc1. The third kappa shape index (κ3) is 3.32. The summed E-state index contributed by atoms with van der Waals surface area (Å²) in [4.78, 5) is 24.0. The minimum absolute atomic E-state index is 0.0148. The van der Waals surface area contributed by atoms with Gasteiger partial charge in [-0.1, -0.05) is 55.5 Å². The van der Waals surface area contributed by atoms with Gasteiger partial charge in [-0.05, 0) is 18.1 Å². The van der Waals surface area contributed by atoms with Gasteiger partial charge in [0.2, 0.25) is 0 Å². The summed E-state index contributed by atoms with van der Waals surface area (Å²) in [5.41, 5.74) is 2.23. The van der Waals surface area contributed by atoms with E-state index in [1.165, 1.54) is 0 Å². The lowest BCUT2D eigenvalue weighted by atomic mass is 10.0. The van der Waals surface area contributed by atoms with Crippen molar-refractivity contribution < 1.29 is 9.59 Å². The van der Waals surface area contributed by atoms with Crippen LogP contribution in [0, 0.1) is 0 Å². The molecule has 0 aromatic heterocycles. The van der Waals surface area contributed by atoms with Crippen LogP contribution >= 0.6 is 0 Å². The van der Waals surface area contributed by atoms with E-state index in [9.17, 15) is 9.59 Å². The number of hydrogen-bond donors (Lipinski definition) is 1. The molecule has 102 valence electrons. The Labute approximate surface area is 118 Å². The molecule has 1 amide bonds. The molecule has 0 aliphatic carbocycles. The molecule has 0 aliphatic heterocycles. The highest BCUT2D eigenvalue weighted by Crippen LogP contribution is 2.09. The van der Waals surface area contributed by atoms with Gasteiger partial charge in [-0.15, -0.1) is 0 Å². The molecule has 3 heteroatoms. The lowest BCUT2D eigenvalue weighted by Crippen LogP contribution is -2.30. The number of nitrogens with one attached hydrogen (secondary N) is 1. The van der Waals surface area contributed by atoms with Gasteiger partial charge < -0.3 is 5.32 Å². The molecule has 20 heavy (non-hydrogen) atoms. The largest absolute Gasteiger partial charge is 0.345 e. The fourth-order valence-corrected chi connectivity index (χ4v) is 2.03. The average molecular weight is 267 g/mol. The molecule has 0 radical (unpaired) electrons. The van der Waals surface area contributed by atoms with E-state index in [-0.39, 0.29) is 18.2 Å². The first-order chi connectivity index (χ1) is 9.72. The summed E-state index contributed by atoms with van der Waals surface area (Å²) in [7, 11) is 0. The van der Waals surface area contributed by atoms with E-state index in [1.54, 1.807) is 30.3 Å². The Hall–Kier alpha value is -2.42. The number of amides is 1. The summed E-state index contributed by atoms with van der Waals surface area (Å²) in [6, 6.07) is 16.4. The number of benzene rings is 2. The van der Waals surface area contributed by atoms with Gasteiger partial charge in [0.1, 0.15) is 0 Å². The number of Topliss-reactive ketones (excluding diaryl/α,β-unsaturated/α-hetero) is 1. The summed E-state index contributed by atoms with van der Waals surface area (Å²) >= 11 is 0. The molecule has 0 aliphatic rings. The normalized spacial score (nSPS) is 10.1. The predicted molar refractivity (Wildman–Crippen MR) is 78.9 cm³/mol. The second-order valence-corrected chi connectivity index (χ2v) is 4.48. The van der Waals surface area contributed by atoms with Crippen LogP contribution in [-0.4, -0.2) is 18.2 Å². The first-order valence-corrected chi connectivity index (χ1v) is 6.66. The fraction of sp³-hybridized carbons (Fsp3) is 0.176. The molecule has 0 heterocycles. The third-order valence-corrected chi connectivity index (χ3v) is 3.15. The number of carbonyl (C=O) groups excluding carboxylic acids is 2. The van der Waals surface area contributed by atoms with Gasteiger partial charge in [-0.25, -0.2) is 0 Å². The number of aryl methyl sites for hydroxylation is 1. The van der Waals surface area contributed by atoms with Crippen molar-refractivity contribution in [1.29, 1.82) is 0 Å². The maximum absolute atomic E-state index is 12.1. The van der Waals surface area contributed by atoms with E-state index < -0.39 is 0 Å². The van der Waals surface area contributed by atoms with Crippen molar-refractivity contribution in [2.75, 3.05) is 6.54 Å². The van der Waals surface area contributed by atoms with Gasteiger partial charge in [-0.3, -0.25) is 9.59 Å². The van der Waals surface area contributed by atoms with E-state index in [0.29, 0.717) is 11.1 Å². The monoisotopic (exact) mass is 267 g/mol. The Morgan fingerprint density at radius 2 is 1.60 bits per heavy atom. The van der Waals surface area contributed by atoms with Crippen molar-refractivity contribution in [1.82, 2.24) is 5.32 Å². The summed E-state index contributed by atoms with van der Waals surface area (Å²) in [6.45, 7) is 2.02. The van der Waals surface area contributed by atoms with Crippen molar-refractivity contribution >= 4 is 11.7 Å². The van der Waals surface area contributed by atoms with E-state index in [4.69, 9.17) is 0 Å². The minimum atomic E-state index is -0.202. The van der Waals surface area contributed by atoms with Crippen LogP contribution in [0.2, 0.25) is 0 Å². The van der Waals surface area contributed by atoms with E-state index in [1.807, 2.05) is 31.2 Å². The lowest BCUT2D eigenvalue weighted by molar-refractivity contribution is 0.0903. The lowest BCUT2D eigenvalue weighted by Gasteiger charge is -2.08. The summed E-state index contributed by atoms with van der Waals surface area (Å²) in [6.07, 6.45) is 0.788. The Kier molecular flexibility index (Phi) is 4.66. The molecular weight excluding hydrogens is 250 g/mol. The second kappa shape index (κ2) is 6.66. The molecule has 0 saturated heterocycles. The third-order valence-electron chi connectivity index (χ3n) is 3.15. The van der Waals surface area contributed by atoms with Gasteiger partial charge in [0.15, 0.2) is 5.78 Å². The standard InChI is InChI=1S/C17H17NO2/c1-2-13-8-6-7-11-15(13)17(20)18-12-16(19)14-9-4-3-5-10-14/h3-11H,2,12H2,1H3,(H,18,20). The van der Waals surface area contributed by atoms with Gasteiger partial charge in [-0.2, -0.15) is 0 Å². The van der Waals surface area contributed by atoms with Crippen molar-refractivity contribution in [3.63, 3.8) is 0 Å². The second-order valence-electron chi connectivity index (χ2n) is 4.48. The first-order valence-electron chi connectivity index (χ1n) is 6.66. The molecule has 0 bridgehead atoms. The zero-order valence-corrected chi connectivity index (χ0v) is 11.4. The average Bonchev–Trinajstić information content (AvgIpc) is 2.53. The number of hydrogen-bond acceptors (Lipinski definition) is 2. The maximum atomic E-state index is 12.1. The minimum Gasteiger partial charge on any atom is -0.345 e. The van der Waals surface area contributed by atoms with Gasteiger partial charge in [0.05, 0.1) is 6.54 Å². The van der Waals surface area contributed by atoms with Crippen LogP contribution in [0.5, 0.6) is 0 Å². The van der Waals surface area contributed by atoms with E-state index in [2.05, 4.69) is 5.32 Å². The zero-order chi connectivity index (χ0) is 14.4. The van der Waals surface area contributed by atoms with Crippen LogP contribution in [0.15, 0.2) is 54.6 Å². The van der Waals surface area contributed by atoms with Crippen LogP contribution in [0.3, 0.4) is 0 Å². The molecule has 2 aromatic rings. The van der Waals surface area contributed by atoms with Gasteiger partial charge >= 0.3 is 0 Å². The molecule has 1 N–H and O–H groups in total. The molecule has 0 atom stereocenters. The van der Waals surface area contributed by atoms with Gasteiger partial charge in [0.25, 0.3) is 5.91 Å². The van der Waals surface area contributed by atoms with Crippen molar-refractivity contribution in [3.05, 3.63) is 71.3 Å². The Morgan fingerprint density at radius 3 is 2.30 bits per heavy atom.